The third kappa shape index (κ3) is 4.94. The van der Waals surface area contributed by atoms with Crippen LogP contribution in [0.25, 0.3) is 26.9 Å². The molecule has 5 rings (SSSR count). The van der Waals surface area contributed by atoms with E-state index < -0.39 is 5.97 Å². The molecule has 0 amide bonds. The highest BCUT2D eigenvalue weighted by atomic mass is 35.5. The zero-order chi connectivity index (χ0) is 26.3. The van der Waals surface area contributed by atoms with Gasteiger partial charge in [-0.2, -0.15) is 0 Å². The fourth-order valence-electron chi connectivity index (χ4n) is 4.27. The van der Waals surface area contributed by atoms with E-state index in [0.29, 0.717) is 26.4 Å². The SMILES string of the molecule is Cc1cc(OCc2c(C(C)C)nnn2-c2c(Cl)cccc2Cl)ccc1-c1ccc2cc(C(=O)O)sc2c1. The lowest BCUT2D eigenvalue weighted by molar-refractivity contribution is 0.0702. The maximum atomic E-state index is 11.3. The molecule has 3 aromatic carbocycles. The zero-order valence-corrected chi connectivity index (χ0v) is 22.7. The molecule has 9 heteroatoms. The predicted octanol–water partition coefficient (Wildman–Crippen LogP) is 8.16. The second-order valence-corrected chi connectivity index (χ2v) is 10.9. The first-order chi connectivity index (χ1) is 17.7. The predicted molar refractivity (Wildman–Crippen MR) is 149 cm³/mol. The summed E-state index contributed by atoms with van der Waals surface area (Å²) < 4.78 is 8.80. The minimum atomic E-state index is -0.908. The van der Waals surface area contributed by atoms with Crippen LogP contribution in [-0.4, -0.2) is 26.1 Å². The summed E-state index contributed by atoms with van der Waals surface area (Å²) in [6, 6.07) is 19.0. The van der Waals surface area contributed by atoms with E-state index in [1.807, 2.05) is 43.3 Å². The van der Waals surface area contributed by atoms with Gasteiger partial charge in [-0.15, -0.1) is 16.4 Å². The van der Waals surface area contributed by atoms with Crippen molar-refractivity contribution < 1.29 is 14.6 Å². The molecule has 2 aromatic heterocycles. The van der Waals surface area contributed by atoms with Crippen LogP contribution < -0.4 is 4.74 Å². The second-order valence-electron chi connectivity index (χ2n) is 8.99. The first-order valence-electron chi connectivity index (χ1n) is 11.6. The van der Waals surface area contributed by atoms with Crippen molar-refractivity contribution in [3.63, 3.8) is 0 Å². The number of aryl methyl sites for hydroxylation is 1. The number of aromatic carboxylic acids is 1. The first-order valence-corrected chi connectivity index (χ1v) is 13.2. The highest BCUT2D eigenvalue weighted by molar-refractivity contribution is 7.20. The average Bonchev–Trinajstić information content (AvgIpc) is 3.47. The summed E-state index contributed by atoms with van der Waals surface area (Å²) in [6.07, 6.45) is 0. The van der Waals surface area contributed by atoms with E-state index in [9.17, 15) is 9.90 Å². The summed E-state index contributed by atoms with van der Waals surface area (Å²) in [5, 5.41) is 19.9. The molecule has 188 valence electrons. The van der Waals surface area contributed by atoms with Gasteiger partial charge in [0.05, 0.1) is 15.7 Å². The first kappa shape index (κ1) is 25.3. The summed E-state index contributed by atoms with van der Waals surface area (Å²) in [4.78, 5) is 11.7. The van der Waals surface area contributed by atoms with Crippen molar-refractivity contribution in [1.29, 1.82) is 0 Å². The number of para-hydroxylation sites is 1. The number of carboxylic acids is 1. The van der Waals surface area contributed by atoms with Gasteiger partial charge < -0.3 is 9.84 Å². The minimum absolute atomic E-state index is 0.131. The Morgan fingerprint density at radius 2 is 1.84 bits per heavy atom. The van der Waals surface area contributed by atoms with Crippen molar-refractivity contribution in [1.82, 2.24) is 15.0 Å². The van der Waals surface area contributed by atoms with Crippen LogP contribution in [0, 0.1) is 6.92 Å². The Balaban J connectivity index is 1.43. The molecule has 2 heterocycles. The summed E-state index contributed by atoms with van der Waals surface area (Å²) in [5.41, 5.74) is 5.28. The van der Waals surface area contributed by atoms with Crippen LogP contribution in [-0.2, 0) is 6.61 Å². The normalized spacial score (nSPS) is 11.4. The Kier molecular flexibility index (Phi) is 6.94. The van der Waals surface area contributed by atoms with Gasteiger partial charge in [-0.05, 0) is 71.3 Å². The number of hydrogen-bond donors (Lipinski definition) is 1. The van der Waals surface area contributed by atoms with Gasteiger partial charge in [-0.3, -0.25) is 0 Å². The van der Waals surface area contributed by atoms with Crippen molar-refractivity contribution in [2.24, 2.45) is 0 Å². The zero-order valence-electron chi connectivity index (χ0n) is 20.3. The molecule has 1 N–H and O–H groups in total. The van der Waals surface area contributed by atoms with E-state index in [1.54, 1.807) is 28.9 Å². The van der Waals surface area contributed by atoms with Crippen molar-refractivity contribution >= 4 is 50.6 Å². The average molecular weight is 552 g/mol. The molecule has 0 aliphatic heterocycles. The third-order valence-corrected chi connectivity index (χ3v) is 7.80. The molecule has 0 spiro atoms. The van der Waals surface area contributed by atoms with Crippen LogP contribution in [0.2, 0.25) is 10.0 Å². The molecule has 0 saturated carbocycles. The molecule has 0 saturated heterocycles. The highest BCUT2D eigenvalue weighted by Gasteiger charge is 2.21. The number of thiophene rings is 1. The fourth-order valence-corrected chi connectivity index (χ4v) is 5.77. The van der Waals surface area contributed by atoms with Crippen LogP contribution >= 0.6 is 34.5 Å². The summed E-state index contributed by atoms with van der Waals surface area (Å²) >= 11 is 14.2. The van der Waals surface area contributed by atoms with Crippen molar-refractivity contribution in [2.45, 2.75) is 33.3 Å². The van der Waals surface area contributed by atoms with Crippen LogP contribution in [0.5, 0.6) is 5.75 Å². The number of ether oxygens (including phenoxy) is 1. The van der Waals surface area contributed by atoms with E-state index in [-0.39, 0.29) is 12.5 Å². The number of benzene rings is 3. The Morgan fingerprint density at radius 1 is 1.08 bits per heavy atom. The van der Waals surface area contributed by atoms with Crippen molar-refractivity contribution in [3.05, 3.63) is 92.5 Å². The van der Waals surface area contributed by atoms with Crippen LogP contribution in [0.15, 0.2) is 60.7 Å². The Hall–Kier alpha value is -3.39. The Labute approximate surface area is 228 Å². The number of rotatable bonds is 7. The molecule has 0 atom stereocenters. The van der Waals surface area contributed by atoms with Gasteiger partial charge >= 0.3 is 5.97 Å². The van der Waals surface area contributed by atoms with Gasteiger partial charge in [0.2, 0.25) is 0 Å². The molecule has 0 aliphatic carbocycles. The fraction of sp³-hybridized carbons (Fsp3) is 0.179. The molecule has 0 unspecified atom stereocenters. The molecular weight excluding hydrogens is 529 g/mol. The van der Waals surface area contributed by atoms with E-state index in [2.05, 4.69) is 24.2 Å². The van der Waals surface area contributed by atoms with Gasteiger partial charge in [0.15, 0.2) is 0 Å². The molecule has 0 radical (unpaired) electrons. The molecule has 0 bridgehead atoms. The quantitative estimate of drug-likeness (QED) is 0.220. The van der Waals surface area contributed by atoms with Gasteiger partial charge in [0, 0.05) is 4.70 Å². The maximum Gasteiger partial charge on any atom is 0.345 e. The number of fused-ring (bicyclic) bond motifs is 1. The Morgan fingerprint density at radius 3 is 2.51 bits per heavy atom. The number of carboxylic acid groups (broad SMARTS) is 1. The number of nitrogens with zero attached hydrogens (tertiary/aromatic N) is 3. The molecule has 37 heavy (non-hydrogen) atoms. The molecule has 0 aliphatic rings. The van der Waals surface area contributed by atoms with E-state index in [0.717, 1.165) is 38.2 Å². The van der Waals surface area contributed by atoms with E-state index in [1.165, 1.54) is 11.3 Å². The standard InChI is InChI=1S/C28H23Cl2N3O3S/c1-15(2)26-23(33(32-31-26)27-21(29)5-4-6-22(27)30)14-36-19-9-10-20(16(3)11-19)17-7-8-18-13-25(28(34)35)37-24(18)12-17/h4-13,15H,14H2,1-3H3,(H,34,35). The third-order valence-electron chi connectivity index (χ3n) is 6.10. The lowest BCUT2D eigenvalue weighted by atomic mass is 10.00. The lowest BCUT2D eigenvalue weighted by Crippen LogP contribution is -2.09. The Bertz CT molecular complexity index is 1620. The largest absolute Gasteiger partial charge is 0.487 e. The van der Waals surface area contributed by atoms with Gasteiger partial charge in [-0.25, -0.2) is 9.48 Å². The minimum Gasteiger partial charge on any atom is -0.487 e. The molecule has 6 nitrogen and oxygen atoms in total. The second kappa shape index (κ2) is 10.2. The monoisotopic (exact) mass is 551 g/mol. The maximum absolute atomic E-state index is 11.3. The van der Waals surface area contributed by atoms with Gasteiger partial charge in [-0.1, -0.05) is 66.5 Å². The number of hydrogen-bond acceptors (Lipinski definition) is 5. The summed E-state index contributed by atoms with van der Waals surface area (Å²) in [7, 11) is 0. The van der Waals surface area contributed by atoms with Gasteiger partial charge in [0.25, 0.3) is 0 Å². The molecule has 5 aromatic rings. The highest BCUT2D eigenvalue weighted by Crippen LogP contribution is 2.34. The van der Waals surface area contributed by atoms with E-state index >= 15 is 0 Å². The number of halogens is 2. The summed E-state index contributed by atoms with van der Waals surface area (Å²) in [5.74, 6) is -0.0692. The molecule has 0 fully saturated rings. The number of carbonyl (C=O) groups is 1. The van der Waals surface area contributed by atoms with Gasteiger partial charge in [0.1, 0.15) is 28.6 Å². The lowest BCUT2D eigenvalue weighted by Gasteiger charge is -2.14. The van der Waals surface area contributed by atoms with Crippen LogP contribution in [0.3, 0.4) is 0 Å². The van der Waals surface area contributed by atoms with E-state index in [4.69, 9.17) is 27.9 Å². The van der Waals surface area contributed by atoms with Crippen molar-refractivity contribution in [2.75, 3.05) is 0 Å². The van der Waals surface area contributed by atoms with Crippen molar-refractivity contribution in [3.8, 4) is 22.6 Å². The number of aromatic nitrogens is 3. The summed E-state index contributed by atoms with van der Waals surface area (Å²) in [6.45, 7) is 6.36. The smallest absolute Gasteiger partial charge is 0.345 e. The van der Waals surface area contributed by atoms with Crippen LogP contribution in [0.4, 0.5) is 0 Å². The molecular formula is C28H23Cl2N3O3S. The topological polar surface area (TPSA) is 77.2 Å². The van der Waals surface area contributed by atoms with Crippen LogP contribution in [0.1, 0.15) is 46.4 Å².